The van der Waals surface area contributed by atoms with Crippen molar-refractivity contribution in [3.8, 4) is 5.75 Å². The summed E-state index contributed by atoms with van der Waals surface area (Å²) in [4.78, 5) is 22.9. The van der Waals surface area contributed by atoms with Crippen molar-refractivity contribution in [1.82, 2.24) is 15.4 Å². The number of unbranched alkanes of at least 4 members (excludes halogenated alkanes) is 1. The summed E-state index contributed by atoms with van der Waals surface area (Å²) >= 11 is 0. The van der Waals surface area contributed by atoms with Gasteiger partial charge in [0.25, 0.3) is 0 Å². The lowest BCUT2D eigenvalue weighted by Gasteiger charge is -2.22. The summed E-state index contributed by atoms with van der Waals surface area (Å²) in [6.45, 7) is 1.27. The van der Waals surface area contributed by atoms with E-state index in [1.807, 2.05) is 24.3 Å². The van der Waals surface area contributed by atoms with E-state index < -0.39 is 15.6 Å². The van der Waals surface area contributed by atoms with Crippen LogP contribution in [0.25, 0.3) is 0 Å². The van der Waals surface area contributed by atoms with Gasteiger partial charge in [0, 0.05) is 6.42 Å². The second kappa shape index (κ2) is 9.26. The lowest BCUT2D eigenvalue weighted by Crippen LogP contribution is -2.50. The van der Waals surface area contributed by atoms with Crippen LogP contribution >= 0.6 is 0 Å². The van der Waals surface area contributed by atoms with E-state index in [2.05, 4.69) is 15.4 Å². The maximum atomic E-state index is 12.7. The van der Waals surface area contributed by atoms with Gasteiger partial charge < -0.3 is 10.1 Å². The van der Waals surface area contributed by atoms with Gasteiger partial charge in [-0.15, -0.1) is 0 Å². The van der Waals surface area contributed by atoms with Gasteiger partial charge in [-0.25, -0.2) is 13.1 Å². The Morgan fingerprint density at radius 3 is 2.65 bits per heavy atom. The summed E-state index contributed by atoms with van der Waals surface area (Å²) in [6, 6.07) is 7.39. The second-order valence-electron chi connectivity index (χ2n) is 8.95. The van der Waals surface area contributed by atoms with Crippen molar-refractivity contribution in [1.29, 1.82) is 0 Å². The topological polar surface area (TPSA) is 114 Å². The van der Waals surface area contributed by atoms with E-state index in [4.69, 9.17) is 4.74 Å². The zero-order chi connectivity index (χ0) is 21.9. The average molecular weight is 450 g/mol. The molecule has 8 nitrogen and oxygen atoms in total. The van der Waals surface area contributed by atoms with Gasteiger partial charge in [0.05, 0.1) is 23.9 Å². The first-order valence-corrected chi connectivity index (χ1v) is 12.8. The Morgan fingerprint density at radius 1 is 1.13 bits per heavy atom. The van der Waals surface area contributed by atoms with E-state index in [0.29, 0.717) is 38.1 Å². The SMILES string of the molecule is O=C1CCC(NCCCCS(=O)(=O)NC2(c3cccc(OCC4CC4)c3)CC2)C(=O)N1. The molecule has 1 atom stereocenters. The molecule has 9 heteroatoms. The standard InChI is InChI=1S/C22H31N3O5S/c26-20-9-8-19(21(27)24-20)23-12-1-2-13-31(28,29)25-22(10-11-22)17-4-3-5-18(14-17)30-15-16-6-7-16/h3-5,14,16,19,23,25H,1-2,6-13,15H2,(H,24,26,27). The number of rotatable bonds is 12. The van der Waals surface area contributed by atoms with E-state index >= 15 is 0 Å². The van der Waals surface area contributed by atoms with Gasteiger partial charge >= 0.3 is 0 Å². The minimum Gasteiger partial charge on any atom is -0.493 e. The van der Waals surface area contributed by atoms with Gasteiger partial charge in [-0.05, 0) is 75.1 Å². The van der Waals surface area contributed by atoms with Crippen LogP contribution in [0.5, 0.6) is 5.75 Å². The molecule has 3 N–H and O–H groups in total. The molecule has 1 aromatic carbocycles. The van der Waals surface area contributed by atoms with Gasteiger partial charge in [0.2, 0.25) is 21.8 Å². The number of sulfonamides is 1. The molecular formula is C22H31N3O5S. The molecule has 2 amide bonds. The van der Waals surface area contributed by atoms with Crippen molar-refractivity contribution in [2.45, 2.75) is 62.9 Å². The number of nitrogens with one attached hydrogen (secondary N) is 3. The molecule has 2 saturated carbocycles. The van der Waals surface area contributed by atoms with Crippen LogP contribution in [0, 0.1) is 5.92 Å². The highest BCUT2D eigenvalue weighted by Gasteiger charge is 2.47. The smallest absolute Gasteiger partial charge is 0.243 e. The quantitative estimate of drug-likeness (QED) is 0.330. The Labute approximate surface area is 183 Å². The van der Waals surface area contributed by atoms with Crippen molar-refractivity contribution < 1.29 is 22.7 Å². The zero-order valence-electron chi connectivity index (χ0n) is 17.7. The fourth-order valence-electron chi connectivity index (χ4n) is 3.89. The van der Waals surface area contributed by atoms with Crippen LogP contribution < -0.4 is 20.1 Å². The molecule has 1 aliphatic heterocycles. The number of ether oxygens (including phenoxy) is 1. The third kappa shape index (κ3) is 6.27. The third-order valence-corrected chi connectivity index (χ3v) is 7.67. The van der Waals surface area contributed by atoms with Gasteiger partial charge in [-0.1, -0.05) is 12.1 Å². The molecule has 0 bridgehead atoms. The van der Waals surface area contributed by atoms with Crippen molar-refractivity contribution in [3.63, 3.8) is 0 Å². The predicted octanol–water partition coefficient (Wildman–Crippen LogP) is 1.56. The first-order chi connectivity index (χ1) is 14.9. The zero-order valence-corrected chi connectivity index (χ0v) is 18.5. The van der Waals surface area contributed by atoms with E-state index in [0.717, 1.165) is 30.8 Å². The predicted molar refractivity (Wildman–Crippen MR) is 116 cm³/mol. The van der Waals surface area contributed by atoms with Crippen LogP contribution in [-0.4, -0.2) is 45.2 Å². The lowest BCUT2D eigenvalue weighted by molar-refractivity contribution is -0.134. The highest BCUT2D eigenvalue weighted by molar-refractivity contribution is 7.89. The van der Waals surface area contributed by atoms with Crippen LogP contribution in [0.1, 0.15) is 56.9 Å². The third-order valence-electron chi connectivity index (χ3n) is 6.14. The maximum absolute atomic E-state index is 12.7. The van der Waals surface area contributed by atoms with Crippen LogP contribution in [0.2, 0.25) is 0 Å². The van der Waals surface area contributed by atoms with Gasteiger partial charge in [0.1, 0.15) is 5.75 Å². The number of piperidine rings is 1. The van der Waals surface area contributed by atoms with E-state index in [-0.39, 0.29) is 23.6 Å². The largest absolute Gasteiger partial charge is 0.493 e. The van der Waals surface area contributed by atoms with Gasteiger partial charge in [-0.3, -0.25) is 14.9 Å². The number of hydrogen-bond donors (Lipinski definition) is 3. The Morgan fingerprint density at radius 2 is 1.94 bits per heavy atom. The van der Waals surface area contributed by atoms with Crippen LogP contribution in [0.15, 0.2) is 24.3 Å². The van der Waals surface area contributed by atoms with Gasteiger partial charge in [0.15, 0.2) is 0 Å². The van der Waals surface area contributed by atoms with Gasteiger partial charge in [-0.2, -0.15) is 0 Å². The molecule has 4 rings (SSSR count). The molecule has 0 radical (unpaired) electrons. The van der Waals surface area contributed by atoms with E-state index in [1.165, 1.54) is 12.8 Å². The summed E-state index contributed by atoms with van der Waals surface area (Å²) in [5.74, 6) is 0.971. The number of amides is 2. The molecular weight excluding hydrogens is 418 g/mol. The van der Waals surface area contributed by atoms with Crippen molar-refractivity contribution in [3.05, 3.63) is 29.8 Å². The number of imide groups is 1. The Bertz CT molecular complexity index is 925. The first kappa shape index (κ1) is 22.2. The summed E-state index contributed by atoms with van der Waals surface area (Å²) in [7, 11) is -3.42. The van der Waals surface area contributed by atoms with E-state index in [9.17, 15) is 18.0 Å². The Hall–Kier alpha value is -1.97. The highest BCUT2D eigenvalue weighted by atomic mass is 32.2. The molecule has 1 heterocycles. The van der Waals surface area contributed by atoms with Crippen molar-refractivity contribution in [2.24, 2.45) is 5.92 Å². The summed E-state index contributed by atoms with van der Waals surface area (Å²) < 4.78 is 34.1. The molecule has 3 aliphatic rings. The molecule has 0 aromatic heterocycles. The number of hydrogen-bond acceptors (Lipinski definition) is 6. The van der Waals surface area contributed by atoms with Crippen molar-refractivity contribution >= 4 is 21.8 Å². The molecule has 170 valence electrons. The van der Waals surface area contributed by atoms with Crippen LogP contribution in [0.4, 0.5) is 0 Å². The van der Waals surface area contributed by atoms with Crippen molar-refractivity contribution in [2.75, 3.05) is 18.9 Å². The normalized spacial score (nSPS) is 22.8. The molecule has 1 aromatic rings. The van der Waals surface area contributed by atoms with Crippen LogP contribution in [0.3, 0.4) is 0 Å². The Kier molecular flexibility index (Phi) is 6.64. The molecule has 3 fully saturated rings. The fraction of sp³-hybridized carbons (Fsp3) is 0.636. The second-order valence-corrected chi connectivity index (χ2v) is 10.8. The number of benzene rings is 1. The molecule has 31 heavy (non-hydrogen) atoms. The summed E-state index contributed by atoms with van der Waals surface area (Å²) in [5.41, 5.74) is 0.451. The average Bonchev–Trinajstić information content (AvgIpc) is 3.64. The Balaban J connectivity index is 1.21. The number of carbonyl (C=O) groups excluding carboxylic acids is 2. The fourth-order valence-corrected chi connectivity index (χ4v) is 5.49. The summed E-state index contributed by atoms with van der Waals surface area (Å²) in [6.07, 6.45) is 5.98. The van der Waals surface area contributed by atoms with Crippen LogP contribution in [-0.2, 0) is 25.2 Å². The minimum atomic E-state index is -3.42. The maximum Gasteiger partial charge on any atom is 0.243 e. The molecule has 1 unspecified atom stereocenters. The molecule has 2 aliphatic carbocycles. The molecule has 1 saturated heterocycles. The number of carbonyl (C=O) groups is 2. The molecule has 0 spiro atoms. The monoisotopic (exact) mass is 449 g/mol. The first-order valence-electron chi connectivity index (χ1n) is 11.2. The highest BCUT2D eigenvalue weighted by Crippen LogP contribution is 2.47. The minimum absolute atomic E-state index is 0.0453. The summed E-state index contributed by atoms with van der Waals surface area (Å²) in [5, 5.41) is 5.41. The lowest BCUT2D eigenvalue weighted by atomic mass is 10.1. The van der Waals surface area contributed by atoms with E-state index in [1.54, 1.807) is 0 Å².